The number of rotatable bonds is 12. The second kappa shape index (κ2) is 13.9. The highest BCUT2D eigenvalue weighted by molar-refractivity contribution is 6.08. The lowest BCUT2D eigenvalue weighted by molar-refractivity contribution is -0.112. The third-order valence-corrected chi connectivity index (χ3v) is 5.27. The molecule has 0 fully saturated rings. The maximum Gasteiger partial charge on any atom is 0.184 e. The van der Waals surface area contributed by atoms with Crippen molar-refractivity contribution >= 4 is 11.9 Å². The SMILES string of the molecule is CCC(=C\C(/C=C/c1ccccc1)CC)/C=C(\C)C(=O)/C(=C/C(CC)CO)CC. The molecule has 0 heterocycles. The molecule has 1 aromatic rings. The molecule has 0 bridgehead atoms. The summed E-state index contributed by atoms with van der Waals surface area (Å²) in [5, 5.41) is 9.45. The first-order valence-corrected chi connectivity index (χ1v) is 11.0. The molecular formula is C27H38O2. The molecule has 0 saturated heterocycles. The van der Waals surface area contributed by atoms with Crippen molar-refractivity contribution in [2.45, 2.75) is 60.3 Å². The largest absolute Gasteiger partial charge is 0.396 e. The topological polar surface area (TPSA) is 37.3 Å². The summed E-state index contributed by atoms with van der Waals surface area (Å²) in [4.78, 5) is 12.9. The first kappa shape index (κ1) is 24.8. The Morgan fingerprint density at radius 2 is 1.69 bits per heavy atom. The third kappa shape index (κ3) is 8.79. The maximum atomic E-state index is 12.9. The summed E-state index contributed by atoms with van der Waals surface area (Å²) < 4.78 is 0. The molecule has 0 aliphatic rings. The summed E-state index contributed by atoms with van der Waals surface area (Å²) >= 11 is 0. The van der Waals surface area contributed by atoms with Crippen LogP contribution in [0.1, 0.15) is 65.9 Å². The van der Waals surface area contributed by atoms with Gasteiger partial charge in [0.1, 0.15) is 0 Å². The van der Waals surface area contributed by atoms with Gasteiger partial charge < -0.3 is 5.11 Å². The van der Waals surface area contributed by atoms with Crippen LogP contribution in [0.2, 0.25) is 0 Å². The van der Waals surface area contributed by atoms with Crippen molar-refractivity contribution in [3.63, 3.8) is 0 Å². The molecule has 1 aromatic carbocycles. The van der Waals surface area contributed by atoms with E-state index in [4.69, 9.17) is 0 Å². The molecule has 1 N–H and O–H groups in total. The first-order valence-electron chi connectivity index (χ1n) is 11.0. The number of aliphatic hydroxyl groups is 1. The van der Waals surface area contributed by atoms with E-state index in [2.05, 4.69) is 44.2 Å². The summed E-state index contributed by atoms with van der Waals surface area (Å²) in [6, 6.07) is 10.3. The molecule has 2 heteroatoms. The van der Waals surface area contributed by atoms with Crippen molar-refractivity contribution < 1.29 is 9.90 Å². The highest BCUT2D eigenvalue weighted by Gasteiger charge is 2.13. The number of carbonyl (C=O) groups is 1. The summed E-state index contributed by atoms with van der Waals surface area (Å²) in [6.45, 7) is 10.3. The van der Waals surface area contributed by atoms with Crippen molar-refractivity contribution in [1.82, 2.24) is 0 Å². The highest BCUT2D eigenvalue weighted by atomic mass is 16.3. The van der Waals surface area contributed by atoms with Crippen molar-refractivity contribution in [2.75, 3.05) is 6.61 Å². The Balaban J connectivity index is 3.02. The number of Topliss-reactive ketones (excluding diaryl/α,β-unsaturated/α-hetero) is 1. The molecule has 2 nitrogen and oxygen atoms in total. The molecule has 0 spiro atoms. The Labute approximate surface area is 177 Å². The Hall–Kier alpha value is -2.19. The second-order valence-corrected chi connectivity index (χ2v) is 7.49. The molecule has 0 aliphatic carbocycles. The molecule has 0 radical (unpaired) electrons. The normalized spacial score (nSPS) is 15.6. The summed E-state index contributed by atoms with van der Waals surface area (Å²) in [5.41, 5.74) is 3.95. The Morgan fingerprint density at radius 1 is 1.00 bits per heavy atom. The number of ketones is 1. The fourth-order valence-corrected chi connectivity index (χ4v) is 3.19. The minimum atomic E-state index is 0.0514. The van der Waals surface area contributed by atoms with Gasteiger partial charge in [0.15, 0.2) is 5.78 Å². The number of carbonyl (C=O) groups excluding carboxylic acids is 1. The average molecular weight is 395 g/mol. The van der Waals surface area contributed by atoms with Gasteiger partial charge in [-0.3, -0.25) is 4.79 Å². The number of allylic oxidation sites excluding steroid dienone is 6. The van der Waals surface area contributed by atoms with Gasteiger partial charge in [-0.05, 0) is 55.2 Å². The predicted octanol–water partition coefficient (Wildman–Crippen LogP) is 6.93. The second-order valence-electron chi connectivity index (χ2n) is 7.49. The first-order chi connectivity index (χ1) is 14.0. The van der Waals surface area contributed by atoms with Crippen molar-refractivity contribution in [2.24, 2.45) is 11.8 Å². The molecule has 158 valence electrons. The number of aliphatic hydroxyl groups excluding tert-OH is 1. The van der Waals surface area contributed by atoms with Gasteiger partial charge in [-0.25, -0.2) is 0 Å². The molecule has 0 saturated carbocycles. The van der Waals surface area contributed by atoms with E-state index in [1.807, 2.05) is 51.1 Å². The maximum absolute atomic E-state index is 12.9. The molecule has 2 atom stereocenters. The lowest BCUT2D eigenvalue weighted by atomic mass is 9.94. The van der Waals surface area contributed by atoms with Crippen molar-refractivity contribution in [3.8, 4) is 0 Å². The van der Waals surface area contributed by atoms with Gasteiger partial charge in [0.05, 0.1) is 0 Å². The fraction of sp³-hybridized carbons (Fsp3) is 0.444. The van der Waals surface area contributed by atoms with Gasteiger partial charge >= 0.3 is 0 Å². The van der Waals surface area contributed by atoms with Crippen LogP contribution >= 0.6 is 0 Å². The molecule has 1 rings (SSSR count). The van der Waals surface area contributed by atoms with Crippen LogP contribution < -0.4 is 0 Å². The van der Waals surface area contributed by atoms with E-state index in [1.165, 1.54) is 11.1 Å². The third-order valence-electron chi connectivity index (χ3n) is 5.27. The van der Waals surface area contributed by atoms with Gasteiger partial charge in [-0.1, -0.05) is 94.0 Å². The van der Waals surface area contributed by atoms with Crippen LogP contribution in [0.3, 0.4) is 0 Å². The lowest BCUT2D eigenvalue weighted by Gasteiger charge is -2.11. The quantitative estimate of drug-likeness (QED) is 0.308. The van der Waals surface area contributed by atoms with E-state index in [1.54, 1.807) is 0 Å². The van der Waals surface area contributed by atoms with E-state index in [0.717, 1.165) is 30.4 Å². The van der Waals surface area contributed by atoms with E-state index in [0.29, 0.717) is 12.3 Å². The minimum Gasteiger partial charge on any atom is -0.396 e. The van der Waals surface area contributed by atoms with E-state index >= 15 is 0 Å². The monoisotopic (exact) mass is 394 g/mol. The molecular weight excluding hydrogens is 356 g/mol. The van der Waals surface area contributed by atoms with E-state index in [9.17, 15) is 9.90 Å². The molecule has 29 heavy (non-hydrogen) atoms. The summed E-state index contributed by atoms with van der Waals surface area (Å²) in [7, 11) is 0. The van der Waals surface area contributed by atoms with Gasteiger partial charge in [-0.15, -0.1) is 0 Å². The van der Waals surface area contributed by atoms with Crippen LogP contribution in [0.25, 0.3) is 6.08 Å². The lowest BCUT2D eigenvalue weighted by Crippen LogP contribution is -2.09. The van der Waals surface area contributed by atoms with Gasteiger partial charge in [0.2, 0.25) is 0 Å². The summed E-state index contributed by atoms with van der Waals surface area (Å²) in [6.07, 6.45) is 14.1. The Bertz CT molecular complexity index is 731. The highest BCUT2D eigenvalue weighted by Crippen LogP contribution is 2.20. The Morgan fingerprint density at radius 3 is 2.21 bits per heavy atom. The van der Waals surface area contributed by atoms with Crippen LogP contribution in [-0.4, -0.2) is 17.5 Å². The molecule has 0 amide bonds. The number of hydrogen-bond donors (Lipinski definition) is 1. The van der Waals surface area contributed by atoms with E-state index < -0.39 is 0 Å². The smallest absolute Gasteiger partial charge is 0.184 e. The fourth-order valence-electron chi connectivity index (χ4n) is 3.19. The van der Waals surface area contributed by atoms with Crippen LogP contribution in [-0.2, 0) is 4.79 Å². The van der Waals surface area contributed by atoms with Crippen molar-refractivity contribution in [1.29, 1.82) is 0 Å². The van der Waals surface area contributed by atoms with Gasteiger partial charge in [-0.2, -0.15) is 0 Å². The number of benzene rings is 1. The van der Waals surface area contributed by atoms with Crippen LogP contribution in [0.5, 0.6) is 0 Å². The molecule has 2 unspecified atom stereocenters. The molecule has 0 aliphatic heterocycles. The average Bonchev–Trinajstić information content (AvgIpc) is 2.76. The van der Waals surface area contributed by atoms with Crippen LogP contribution in [0.15, 0.2) is 71.4 Å². The predicted molar refractivity (Wildman–Crippen MR) is 126 cm³/mol. The van der Waals surface area contributed by atoms with Crippen LogP contribution in [0.4, 0.5) is 0 Å². The van der Waals surface area contributed by atoms with Crippen LogP contribution in [0, 0.1) is 11.8 Å². The summed E-state index contributed by atoms with van der Waals surface area (Å²) in [5.74, 6) is 0.478. The number of hydrogen-bond acceptors (Lipinski definition) is 2. The minimum absolute atomic E-state index is 0.0514. The van der Waals surface area contributed by atoms with Crippen molar-refractivity contribution in [3.05, 3.63) is 76.9 Å². The van der Waals surface area contributed by atoms with Gasteiger partial charge in [0.25, 0.3) is 0 Å². The zero-order chi connectivity index (χ0) is 21.6. The zero-order valence-electron chi connectivity index (χ0n) is 18.8. The Kier molecular flexibility index (Phi) is 11.9. The van der Waals surface area contributed by atoms with E-state index in [-0.39, 0.29) is 18.3 Å². The standard InChI is InChI=1S/C27H38O2/c1-6-22(15-16-25-13-11-10-12-14-25)18-23(7-2)17-21(5)27(29)26(9-4)19-24(8-3)20-28/h10-19,22,24,28H,6-9,20H2,1-5H3/b16-15+,21-17+,23-18+,26-19+. The van der Waals surface area contributed by atoms with Gasteiger partial charge in [0, 0.05) is 12.5 Å². The molecule has 0 aromatic heterocycles. The zero-order valence-corrected chi connectivity index (χ0v) is 18.8.